The fourth-order valence-corrected chi connectivity index (χ4v) is 1.31. The molecule has 0 radical (unpaired) electrons. The Morgan fingerprint density at radius 2 is 2.25 bits per heavy atom. The Kier molecular flexibility index (Phi) is 2.82. The van der Waals surface area contributed by atoms with Crippen LogP contribution < -0.4 is 5.73 Å². The van der Waals surface area contributed by atoms with E-state index in [2.05, 4.69) is 15.1 Å². The monoisotopic (exact) mass is 219 g/mol. The zero-order valence-electron chi connectivity index (χ0n) is 9.21. The molecular formula is C10H13N5O. The first-order valence-corrected chi connectivity index (χ1v) is 4.84. The molecule has 0 atom stereocenters. The highest BCUT2D eigenvalue weighted by molar-refractivity contribution is 5.68. The van der Waals surface area contributed by atoms with Crippen molar-refractivity contribution in [2.45, 2.75) is 6.54 Å². The average Bonchev–Trinajstić information content (AvgIpc) is 2.66. The Morgan fingerprint density at radius 3 is 2.94 bits per heavy atom. The van der Waals surface area contributed by atoms with Crippen LogP contribution in [-0.4, -0.2) is 34.1 Å². The van der Waals surface area contributed by atoms with Gasteiger partial charge in [0.25, 0.3) is 5.89 Å². The van der Waals surface area contributed by atoms with Crippen molar-refractivity contribution < 1.29 is 4.52 Å². The van der Waals surface area contributed by atoms with Crippen LogP contribution in [0.25, 0.3) is 11.5 Å². The van der Waals surface area contributed by atoms with Crippen molar-refractivity contribution in [3.8, 4) is 11.5 Å². The topological polar surface area (TPSA) is 81.1 Å². The van der Waals surface area contributed by atoms with Crippen LogP contribution in [0.4, 0.5) is 5.69 Å². The predicted octanol–water partition coefficient (Wildman–Crippen LogP) is 0.775. The lowest BCUT2D eigenvalue weighted by Crippen LogP contribution is -2.11. The summed E-state index contributed by atoms with van der Waals surface area (Å²) in [5.41, 5.74) is 7.01. The molecule has 2 heterocycles. The van der Waals surface area contributed by atoms with Crippen molar-refractivity contribution in [3.63, 3.8) is 0 Å². The largest absolute Gasteiger partial charge is 0.397 e. The summed E-state index contributed by atoms with van der Waals surface area (Å²) in [4.78, 5) is 10.1. The van der Waals surface area contributed by atoms with Crippen LogP contribution in [0.2, 0.25) is 0 Å². The molecule has 0 aromatic carbocycles. The third-order valence-electron chi connectivity index (χ3n) is 2.01. The summed E-state index contributed by atoms with van der Waals surface area (Å²) in [5, 5.41) is 3.87. The van der Waals surface area contributed by atoms with Gasteiger partial charge < -0.3 is 15.2 Å². The molecule has 16 heavy (non-hydrogen) atoms. The maximum atomic E-state index is 5.76. The van der Waals surface area contributed by atoms with Gasteiger partial charge in [-0.3, -0.25) is 4.98 Å². The molecule has 2 rings (SSSR count). The van der Waals surface area contributed by atoms with Gasteiger partial charge in [0.1, 0.15) is 0 Å². The van der Waals surface area contributed by atoms with Gasteiger partial charge in [-0.05, 0) is 20.2 Å². The molecule has 84 valence electrons. The molecule has 0 aliphatic carbocycles. The highest BCUT2D eigenvalue weighted by atomic mass is 16.5. The van der Waals surface area contributed by atoms with Crippen LogP contribution >= 0.6 is 0 Å². The van der Waals surface area contributed by atoms with Crippen molar-refractivity contribution in [3.05, 3.63) is 24.3 Å². The number of rotatable bonds is 3. The molecule has 0 aliphatic heterocycles. The number of nitrogens with two attached hydrogens (primary N) is 1. The van der Waals surface area contributed by atoms with Gasteiger partial charge in [0, 0.05) is 6.20 Å². The fraction of sp³-hybridized carbons (Fsp3) is 0.300. The van der Waals surface area contributed by atoms with E-state index in [-0.39, 0.29) is 0 Å². The predicted molar refractivity (Wildman–Crippen MR) is 59.3 cm³/mol. The van der Waals surface area contributed by atoms with E-state index in [1.165, 1.54) is 0 Å². The number of hydrogen-bond donors (Lipinski definition) is 1. The summed E-state index contributed by atoms with van der Waals surface area (Å²) in [6.07, 6.45) is 3.20. The third kappa shape index (κ3) is 2.17. The first kappa shape index (κ1) is 10.6. The molecule has 0 amide bonds. The molecule has 2 aromatic rings. The summed E-state index contributed by atoms with van der Waals surface area (Å²) in [5.74, 6) is 1.06. The van der Waals surface area contributed by atoms with Crippen LogP contribution in [0.15, 0.2) is 23.0 Å². The first-order chi connectivity index (χ1) is 7.66. The smallest absolute Gasteiger partial charge is 0.260 e. The average molecular weight is 219 g/mol. The minimum Gasteiger partial charge on any atom is -0.397 e. The minimum atomic E-state index is 0.428. The Balaban J connectivity index is 2.28. The zero-order chi connectivity index (χ0) is 11.5. The van der Waals surface area contributed by atoms with E-state index < -0.39 is 0 Å². The first-order valence-electron chi connectivity index (χ1n) is 4.84. The molecule has 6 heteroatoms. The van der Waals surface area contributed by atoms with Gasteiger partial charge in [0.15, 0.2) is 5.82 Å². The highest BCUT2D eigenvalue weighted by Crippen LogP contribution is 2.22. The number of nitrogen functional groups attached to an aromatic ring is 1. The maximum Gasteiger partial charge on any atom is 0.260 e. The molecule has 6 nitrogen and oxygen atoms in total. The van der Waals surface area contributed by atoms with E-state index in [0.29, 0.717) is 29.5 Å². The number of nitrogens with zero attached hydrogens (tertiary/aromatic N) is 4. The summed E-state index contributed by atoms with van der Waals surface area (Å²) in [6.45, 7) is 0.633. The second-order valence-electron chi connectivity index (χ2n) is 3.72. The number of aromatic nitrogens is 3. The Morgan fingerprint density at radius 1 is 1.44 bits per heavy atom. The Hall–Kier alpha value is -1.95. The number of anilines is 1. The highest BCUT2D eigenvalue weighted by Gasteiger charge is 2.11. The normalized spacial score (nSPS) is 10.9. The van der Waals surface area contributed by atoms with Gasteiger partial charge in [0.2, 0.25) is 0 Å². The molecule has 0 aliphatic rings. The van der Waals surface area contributed by atoms with Crippen LogP contribution in [0.3, 0.4) is 0 Å². The Bertz CT molecular complexity index is 480. The summed E-state index contributed by atoms with van der Waals surface area (Å²) in [6, 6.07) is 1.75. The third-order valence-corrected chi connectivity index (χ3v) is 2.01. The zero-order valence-corrected chi connectivity index (χ0v) is 9.21. The van der Waals surface area contributed by atoms with E-state index in [1.807, 2.05) is 19.0 Å². The molecule has 2 N–H and O–H groups in total. The van der Waals surface area contributed by atoms with Crippen LogP contribution in [0.1, 0.15) is 5.82 Å². The van der Waals surface area contributed by atoms with E-state index >= 15 is 0 Å². The lowest BCUT2D eigenvalue weighted by Gasteiger charge is -2.03. The van der Waals surface area contributed by atoms with Gasteiger partial charge in [-0.1, -0.05) is 5.16 Å². The standard InChI is InChI=1S/C10H13N5O/c1-15(2)6-9-13-10(16-14-9)7-3-4-12-5-8(7)11/h3-5H,6,11H2,1-2H3. The molecular weight excluding hydrogens is 206 g/mol. The molecule has 0 bridgehead atoms. The van der Waals surface area contributed by atoms with Gasteiger partial charge in [-0.2, -0.15) is 4.98 Å². The van der Waals surface area contributed by atoms with Gasteiger partial charge >= 0.3 is 0 Å². The molecule has 0 fully saturated rings. The SMILES string of the molecule is CN(C)Cc1noc(-c2ccncc2N)n1. The van der Waals surface area contributed by atoms with Crippen molar-refractivity contribution in [2.75, 3.05) is 19.8 Å². The van der Waals surface area contributed by atoms with Gasteiger partial charge in [0.05, 0.1) is 24.0 Å². The van der Waals surface area contributed by atoms with Crippen LogP contribution in [0, 0.1) is 0 Å². The van der Waals surface area contributed by atoms with E-state index in [4.69, 9.17) is 10.3 Å². The van der Waals surface area contributed by atoms with Crippen LogP contribution in [-0.2, 0) is 6.54 Å². The van der Waals surface area contributed by atoms with Crippen molar-refractivity contribution in [1.82, 2.24) is 20.0 Å². The summed E-state index contributed by atoms with van der Waals surface area (Å²) in [7, 11) is 3.88. The minimum absolute atomic E-state index is 0.428. The molecule has 0 spiro atoms. The number of hydrogen-bond acceptors (Lipinski definition) is 6. The van der Waals surface area contributed by atoms with E-state index in [0.717, 1.165) is 0 Å². The van der Waals surface area contributed by atoms with Crippen LogP contribution in [0.5, 0.6) is 0 Å². The van der Waals surface area contributed by atoms with Crippen molar-refractivity contribution >= 4 is 5.69 Å². The maximum absolute atomic E-state index is 5.76. The van der Waals surface area contributed by atoms with E-state index in [9.17, 15) is 0 Å². The Labute approximate surface area is 93.1 Å². The van der Waals surface area contributed by atoms with Gasteiger partial charge in [-0.25, -0.2) is 0 Å². The lowest BCUT2D eigenvalue weighted by molar-refractivity contribution is 0.365. The second kappa shape index (κ2) is 4.28. The molecule has 0 unspecified atom stereocenters. The molecule has 2 aromatic heterocycles. The van der Waals surface area contributed by atoms with Crippen molar-refractivity contribution in [2.24, 2.45) is 0 Å². The number of pyridine rings is 1. The van der Waals surface area contributed by atoms with Gasteiger partial charge in [-0.15, -0.1) is 0 Å². The quantitative estimate of drug-likeness (QED) is 0.821. The lowest BCUT2D eigenvalue weighted by atomic mass is 10.2. The summed E-state index contributed by atoms with van der Waals surface area (Å²) < 4.78 is 5.14. The summed E-state index contributed by atoms with van der Waals surface area (Å²) >= 11 is 0. The van der Waals surface area contributed by atoms with Crippen molar-refractivity contribution in [1.29, 1.82) is 0 Å². The molecule has 0 saturated heterocycles. The van der Waals surface area contributed by atoms with E-state index in [1.54, 1.807) is 18.5 Å². The second-order valence-corrected chi connectivity index (χ2v) is 3.72. The fourth-order valence-electron chi connectivity index (χ4n) is 1.31. The molecule has 0 saturated carbocycles.